The zero-order valence-electron chi connectivity index (χ0n) is 13.6. The van der Waals surface area contributed by atoms with E-state index in [2.05, 4.69) is 10.5 Å². The quantitative estimate of drug-likeness (QED) is 0.820. The van der Waals surface area contributed by atoms with Gasteiger partial charge < -0.3 is 19.7 Å². The van der Waals surface area contributed by atoms with Crippen LogP contribution >= 0.6 is 0 Å². The highest BCUT2D eigenvalue weighted by Crippen LogP contribution is 2.20. The van der Waals surface area contributed by atoms with E-state index in [0.717, 1.165) is 12.1 Å². The van der Waals surface area contributed by atoms with Gasteiger partial charge in [-0.05, 0) is 24.1 Å². The molecule has 0 radical (unpaired) electrons. The first-order valence-electron chi connectivity index (χ1n) is 7.62. The molecule has 0 aliphatic carbocycles. The molecule has 0 spiro atoms. The molecule has 1 aromatic heterocycles. The maximum Gasteiger partial charge on any atom is 0.290 e. The summed E-state index contributed by atoms with van der Waals surface area (Å²) in [5, 5.41) is 16.7. The number of carbonyl (C=O) groups is 1. The molecule has 124 valence electrons. The van der Waals surface area contributed by atoms with Crippen molar-refractivity contribution in [1.29, 1.82) is 0 Å². The third-order valence-corrected chi connectivity index (χ3v) is 3.80. The summed E-state index contributed by atoms with van der Waals surface area (Å²) in [7, 11) is 1.56. The summed E-state index contributed by atoms with van der Waals surface area (Å²) >= 11 is 0. The van der Waals surface area contributed by atoms with Gasteiger partial charge in [0.15, 0.2) is 0 Å². The Bertz CT molecular complexity index is 654. The summed E-state index contributed by atoms with van der Waals surface area (Å²) in [6.07, 6.45) is 0.0910. The van der Waals surface area contributed by atoms with Gasteiger partial charge in [0, 0.05) is 18.5 Å². The van der Waals surface area contributed by atoms with Crippen LogP contribution in [0, 0.1) is 0 Å². The zero-order valence-corrected chi connectivity index (χ0v) is 13.6. The number of nitrogens with one attached hydrogen (secondary N) is 1. The third kappa shape index (κ3) is 4.32. The maximum absolute atomic E-state index is 12.0. The average molecular weight is 318 g/mol. The minimum atomic E-state index is -0.828. The lowest BCUT2D eigenvalue weighted by Gasteiger charge is -2.12. The molecule has 0 bridgehead atoms. The van der Waals surface area contributed by atoms with Gasteiger partial charge >= 0.3 is 0 Å². The summed E-state index contributed by atoms with van der Waals surface area (Å²) in [6.45, 7) is 4.14. The van der Waals surface area contributed by atoms with Crippen LogP contribution in [-0.4, -0.2) is 29.8 Å². The second-order valence-electron chi connectivity index (χ2n) is 5.43. The van der Waals surface area contributed by atoms with Crippen LogP contribution in [0.1, 0.15) is 54.1 Å². The van der Waals surface area contributed by atoms with Crippen LogP contribution in [0.25, 0.3) is 0 Å². The number of amides is 1. The van der Waals surface area contributed by atoms with Crippen molar-refractivity contribution in [3.05, 3.63) is 47.3 Å². The standard InChI is InChI=1S/C17H22N2O4/c1-4-11(2)14-9-16(23-19-14)17(21)18-10-15(20)12-6-5-7-13(8-12)22-3/h5-9,11,15,20H,4,10H2,1-3H3,(H,18,21). The van der Waals surface area contributed by atoms with Gasteiger partial charge in [0.05, 0.1) is 18.9 Å². The molecule has 1 aromatic carbocycles. The van der Waals surface area contributed by atoms with Crippen LogP contribution in [0.5, 0.6) is 5.75 Å². The Morgan fingerprint density at radius 1 is 1.43 bits per heavy atom. The minimum absolute atomic E-state index is 0.0748. The predicted octanol–water partition coefficient (Wildman–Crippen LogP) is 2.66. The molecule has 0 aliphatic heterocycles. The molecule has 2 aromatic rings. The van der Waals surface area contributed by atoms with E-state index < -0.39 is 12.0 Å². The van der Waals surface area contributed by atoms with Crippen molar-refractivity contribution in [2.24, 2.45) is 0 Å². The number of benzene rings is 1. The second-order valence-corrected chi connectivity index (χ2v) is 5.43. The van der Waals surface area contributed by atoms with E-state index in [4.69, 9.17) is 9.26 Å². The molecule has 0 fully saturated rings. The van der Waals surface area contributed by atoms with Crippen molar-refractivity contribution in [1.82, 2.24) is 10.5 Å². The summed E-state index contributed by atoms with van der Waals surface area (Å²) in [4.78, 5) is 12.0. The van der Waals surface area contributed by atoms with Crippen LogP contribution in [0.4, 0.5) is 0 Å². The molecule has 0 aliphatic rings. The van der Waals surface area contributed by atoms with Crippen molar-refractivity contribution in [2.75, 3.05) is 13.7 Å². The van der Waals surface area contributed by atoms with Gasteiger partial charge in [-0.15, -0.1) is 0 Å². The fourth-order valence-electron chi connectivity index (χ4n) is 2.08. The molecule has 2 unspecified atom stereocenters. The van der Waals surface area contributed by atoms with Gasteiger partial charge in [-0.3, -0.25) is 4.79 Å². The maximum atomic E-state index is 12.0. The Morgan fingerprint density at radius 3 is 2.91 bits per heavy atom. The van der Waals surface area contributed by atoms with Gasteiger partial charge in [-0.25, -0.2) is 0 Å². The van der Waals surface area contributed by atoms with E-state index in [1.165, 1.54) is 0 Å². The lowest BCUT2D eigenvalue weighted by atomic mass is 10.1. The van der Waals surface area contributed by atoms with E-state index in [1.54, 1.807) is 37.4 Å². The van der Waals surface area contributed by atoms with Crippen LogP contribution in [0.3, 0.4) is 0 Å². The molecular formula is C17H22N2O4. The van der Waals surface area contributed by atoms with Crippen molar-refractivity contribution >= 4 is 5.91 Å². The second kappa shape index (κ2) is 7.78. The largest absolute Gasteiger partial charge is 0.497 e. The van der Waals surface area contributed by atoms with Crippen molar-refractivity contribution in [2.45, 2.75) is 32.3 Å². The van der Waals surface area contributed by atoms with Crippen molar-refractivity contribution in [3.63, 3.8) is 0 Å². The molecule has 6 nitrogen and oxygen atoms in total. The summed E-state index contributed by atoms with van der Waals surface area (Å²) in [5.41, 5.74) is 1.42. The van der Waals surface area contributed by atoms with E-state index in [1.807, 2.05) is 13.8 Å². The van der Waals surface area contributed by atoms with Gasteiger partial charge in [0.2, 0.25) is 5.76 Å². The number of methoxy groups -OCH3 is 1. The SMILES string of the molecule is CCC(C)c1cc(C(=O)NCC(O)c2cccc(OC)c2)on1. The normalized spacial score (nSPS) is 13.4. The number of aliphatic hydroxyl groups is 1. The highest BCUT2D eigenvalue weighted by Gasteiger charge is 2.17. The van der Waals surface area contributed by atoms with Crippen LogP contribution in [0.2, 0.25) is 0 Å². The number of rotatable bonds is 7. The van der Waals surface area contributed by atoms with E-state index >= 15 is 0 Å². The van der Waals surface area contributed by atoms with Crippen LogP contribution in [0.15, 0.2) is 34.9 Å². The van der Waals surface area contributed by atoms with Crippen molar-refractivity contribution in [3.8, 4) is 5.75 Å². The Hall–Kier alpha value is -2.34. The van der Waals surface area contributed by atoms with Crippen LogP contribution < -0.4 is 10.1 Å². The van der Waals surface area contributed by atoms with E-state index in [9.17, 15) is 9.90 Å². The van der Waals surface area contributed by atoms with Gasteiger partial charge in [-0.2, -0.15) is 0 Å². The molecular weight excluding hydrogens is 296 g/mol. The first-order chi connectivity index (χ1) is 11.0. The molecule has 2 rings (SSSR count). The number of aromatic nitrogens is 1. The number of carbonyl (C=O) groups excluding carboxylic acids is 1. The van der Waals surface area contributed by atoms with Gasteiger partial charge in [0.25, 0.3) is 5.91 Å². The number of aliphatic hydroxyl groups excluding tert-OH is 1. The zero-order chi connectivity index (χ0) is 16.8. The fourth-order valence-corrected chi connectivity index (χ4v) is 2.08. The monoisotopic (exact) mass is 318 g/mol. The fraction of sp³-hybridized carbons (Fsp3) is 0.412. The average Bonchev–Trinajstić information content (AvgIpc) is 3.08. The summed E-state index contributed by atoms with van der Waals surface area (Å²) in [5.74, 6) is 0.649. The number of nitrogens with zero attached hydrogens (tertiary/aromatic N) is 1. The van der Waals surface area contributed by atoms with Crippen LogP contribution in [-0.2, 0) is 0 Å². The smallest absolute Gasteiger partial charge is 0.290 e. The molecule has 1 amide bonds. The summed E-state index contributed by atoms with van der Waals surface area (Å²) in [6, 6.07) is 8.72. The topological polar surface area (TPSA) is 84.6 Å². The number of ether oxygens (including phenoxy) is 1. The lowest BCUT2D eigenvalue weighted by molar-refractivity contribution is 0.0880. The molecule has 2 atom stereocenters. The number of hydrogen-bond donors (Lipinski definition) is 2. The van der Waals surface area contributed by atoms with Gasteiger partial charge in [0.1, 0.15) is 5.75 Å². The Balaban J connectivity index is 1.94. The molecule has 23 heavy (non-hydrogen) atoms. The Morgan fingerprint density at radius 2 is 2.22 bits per heavy atom. The Labute approximate surface area is 135 Å². The third-order valence-electron chi connectivity index (χ3n) is 3.80. The van der Waals surface area contributed by atoms with Crippen molar-refractivity contribution < 1.29 is 19.2 Å². The minimum Gasteiger partial charge on any atom is -0.497 e. The molecule has 2 N–H and O–H groups in total. The highest BCUT2D eigenvalue weighted by molar-refractivity contribution is 5.91. The molecule has 1 heterocycles. The first-order valence-corrected chi connectivity index (χ1v) is 7.62. The summed E-state index contributed by atoms with van der Waals surface area (Å²) < 4.78 is 10.2. The van der Waals surface area contributed by atoms with E-state index in [-0.39, 0.29) is 18.2 Å². The lowest BCUT2D eigenvalue weighted by Crippen LogP contribution is -2.28. The highest BCUT2D eigenvalue weighted by atomic mass is 16.5. The predicted molar refractivity (Wildman–Crippen MR) is 85.5 cm³/mol. The first kappa shape index (κ1) is 17.0. The number of hydrogen-bond acceptors (Lipinski definition) is 5. The van der Waals surface area contributed by atoms with E-state index in [0.29, 0.717) is 11.3 Å². The molecule has 0 saturated heterocycles. The molecule has 6 heteroatoms. The molecule has 0 saturated carbocycles. The van der Waals surface area contributed by atoms with Gasteiger partial charge in [-0.1, -0.05) is 31.1 Å². The Kier molecular flexibility index (Phi) is 5.76.